The van der Waals surface area contributed by atoms with Crippen molar-refractivity contribution in [1.29, 1.82) is 0 Å². The second kappa shape index (κ2) is 20.1. The van der Waals surface area contributed by atoms with Crippen LogP contribution in [0.1, 0.15) is 124 Å². The Morgan fingerprint density at radius 3 is 1.22 bits per heavy atom. The van der Waals surface area contributed by atoms with Crippen molar-refractivity contribution in [3.8, 4) is 0 Å². The monoisotopic (exact) mass is 390 g/mol. The molecule has 0 saturated heterocycles. The first-order chi connectivity index (χ1) is 12.7. The van der Waals surface area contributed by atoms with Crippen molar-refractivity contribution in [2.75, 3.05) is 0 Å². The first kappa shape index (κ1) is 28.6. The number of hydrogen-bond acceptors (Lipinski definition) is 4. The zero-order valence-electron chi connectivity index (χ0n) is 18.1. The van der Waals surface area contributed by atoms with Gasteiger partial charge in [-0.3, -0.25) is 4.79 Å². The number of aliphatic hydroxyl groups excluding tert-OH is 1. The fourth-order valence-electron chi connectivity index (χ4n) is 2.65. The SMILES string of the molecule is CC(O)C(C)(O)O.CCCCCCCCCCCCCCCCCC(=O)O. The minimum absolute atomic E-state index is 0.345. The number of hydrogen-bond donors (Lipinski definition) is 4. The van der Waals surface area contributed by atoms with E-state index in [4.69, 9.17) is 20.4 Å². The second-order valence-electron chi connectivity index (χ2n) is 7.86. The molecule has 0 bridgehead atoms. The van der Waals surface area contributed by atoms with Gasteiger partial charge in [0, 0.05) is 6.42 Å². The van der Waals surface area contributed by atoms with Crippen LogP contribution in [0.5, 0.6) is 0 Å². The van der Waals surface area contributed by atoms with Crippen molar-refractivity contribution in [3.05, 3.63) is 0 Å². The summed E-state index contributed by atoms with van der Waals surface area (Å²) in [6.45, 7) is 4.70. The van der Waals surface area contributed by atoms with E-state index in [0.29, 0.717) is 6.42 Å². The highest BCUT2D eigenvalue weighted by Gasteiger charge is 2.21. The third-order valence-electron chi connectivity index (χ3n) is 4.79. The summed E-state index contributed by atoms with van der Waals surface area (Å²) in [5.41, 5.74) is 0. The van der Waals surface area contributed by atoms with Crippen molar-refractivity contribution in [3.63, 3.8) is 0 Å². The summed E-state index contributed by atoms with van der Waals surface area (Å²) in [4.78, 5) is 10.3. The van der Waals surface area contributed by atoms with Crippen molar-refractivity contribution < 1.29 is 25.2 Å². The van der Waals surface area contributed by atoms with Gasteiger partial charge >= 0.3 is 5.97 Å². The van der Waals surface area contributed by atoms with Gasteiger partial charge in [0.25, 0.3) is 0 Å². The summed E-state index contributed by atoms with van der Waals surface area (Å²) in [6, 6.07) is 0. The number of carboxylic acids is 1. The zero-order chi connectivity index (χ0) is 21.0. The summed E-state index contributed by atoms with van der Waals surface area (Å²) in [5, 5.41) is 33.7. The smallest absolute Gasteiger partial charge is 0.303 e. The quantitative estimate of drug-likeness (QED) is 0.197. The molecule has 0 aliphatic carbocycles. The zero-order valence-corrected chi connectivity index (χ0v) is 18.1. The van der Waals surface area contributed by atoms with Crippen LogP contribution in [0, 0.1) is 0 Å². The second-order valence-corrected chi connectivity index (χ2v) is 7.86. The van der Waals surface area contributed by atoms with Crippen LogP contribution in [0.15, 0.2) is 0 Å². The molecule has 0 aliphatic rings. The van der Waals surface area contributed by atoms with Crippen LogP contribution in [0.2, 0.25) is 0 Å². The maximum Gasteiger partial charge on any atom is 0.303 e. The summed E-state index contributed by atoms with van der Waals surface area (Å²) in [5.74, 6) is -2.60. The predicted molar refractivity (Wildman–Crippen MR) is 112 cm³/mol. The number of carbonyl (C=O) groups is 1. The maximum atomic E-state index is 10.3. The van der Waals surface area contributed by atoms with Gasteiger partial charge in [-0.1, -0.05) is 96.8 Å². The van der Waals surface area contributed by atoms with Gasteiger partial charge in [0.05, 0.1) is 0 Å². The van der Waals surface area contributed by atoms with Crippen LogP contribution in [-0.2, 0) is 4.79 Å². The average Bonchev–Trinajstić information content (AvgIpc) is 2.57. The van der Waals surface area contributed by atoms with Gasteiger partial charge in [-0.05, 0) is 20.3 Å². The normalized spacial score (nSPS) is 12.4. The van der Waals surface area contributed by atoms with E-state index >= 15 is 0 Å². The van der Waals surface area contributed by atoms with Gasteiger partial charge in [-0.15, -0.1) is 0 Å². The Labute approximate surface area is 167 Å². The molecule has 0 spiro atoms. The minimum Gasteiger partial charge on any atom is -0.481 e. The third-order valence-corrected chi connectivity index (χ3v) is 4.79. The summed E-state index contributed by atoms with van der Waals surface area (Å²) >= 11 is 0. The highest BCUT2D eigenvalue weighted by atomic mass is 16.5. The van der Waals surface area contributed by atoms with E-state index in [0.717, 1.165) is 19.8 Å². The fraction of sp³-hybridized carbons (Fsp3) is 0.955. The molecule has 164 valence electrons. The Kier molecular flexibility index (Phi) is 21.3. The van der Waals surface area contributed by atoms with Crippen LogP contribution < -0.4 is 0 Å². The first-order valence-corrected chi connectivity index (χ1v) is 11.1. The van der Waals surface area contributed by atoms with Crippen LogP contribution in [0.25, 0.3) is 0 Å². The van der Waals surface area contributed by atoms with Crippen LogP contribution in [-0.4, -0.2) is 38.3 Å². The van der Waals surface area contributed by atoms with E-state index in [1.807, 2.05) is 0 Å². The Balaban J connectivity index is 0. The van der Waals surface area contributed by atoms with Crippen LogP contribution >= 0.6 is 0 Å². The lowest BCUT2D eigenvalue weighted by atomic mass is 10.0. The van der Waals surface area contributed by atoms with Gasteiger partial charge in [0.15, 0.2) is 5.79 Å². The van der Waals surface area contributed by atoms with E-state index in [1.54, 1.807) is 0 Å². The Morgan fingerprint density at radius 1 is 0.741 bits per heavy atom. The number of unbranched alkanes of at least 4 members (excludes halogenated alkanes) is 14. The lowest BCUT2D eigenvalue weighted by Crippen LogP contribution is -2.36. The molecule has 0 rings (SSSR count). The fourth-order valence-corrected chi connectivity index (χ4v) is 2.65. The highest BCUT2D eigenvalue weighted by molar-refractivity contribution is 5.66. The van der Waals surface area contributed by atoms with Gasteiger partial charge in [-0.2, -0.15) is 0 Å². The summed E-state index contributed by atoms with van der Waals surface area (Å²) in [6.07, 6.45) is 19.1. The minimum atomic E-state index is -1.94. The molecule has 0 aromatic heterocycles. The molecule has 4 N–H and O–H groups in total. The predicted octanol–water partition coefficient (Wildman–Crippen LogP) is 5.40. The molecule has 0 aromatic rings. The molecular weight excluding hydrogens is 344 g/mol. The number of aliphatic carboxylic acids is 1. The Morgan fingerprint density at radius 2 is 1.00 bits per heavy atom. The molecule has 0 aliphatic heterocycles. The van der Waals surface area contributed by atoms with E-state index in [2.05, 4.69) is 6.92 Å². The molecule has 5 heteroatoms. The van der Waals surface area contributed by atoms with E-state index < -0.39 is 17.9 Å². The van der Waals surface area contributed by atoms with E-state index in [9.17, 15) is 4.79 Å². The molecule has 0 heterocycles. The summed E-state index contributed by atoms with van der Waals surface area (Å²) in [7, 11) is 0. The standard InChI is InChI=1S/C18H36O2.C4H10O3/c1-2-3-4-5-6-7-8-9-10-11-12-13-14-15-16-17-18(19)20;1-3(5)4(2,6)7/h2-17H2,1H3,(H,19,20);3,5-7H,1-2H3. The number of carboxylic acid groups (broad SMARTS) is 1. The van der Waals surface area contributed by atoms with Crippen molar-refractivity contribution >= 4 is 5.97 Å². The lowest BCUT2D eigenvalue weighted by Gasteiger charge is -2.17. The van der Waals surface area contributed by atoms with Crippen LogP contribution in [0.4, 0.5) is 0 Å². The number of rotatable bonds is 17. The molecule has 27 heavy (non-hydrogen) atoms. The van der Waals surface area contributed by atoms with E-state index in [-0.39, 0.29) is 0 Å². The molecular formula is C22H46O5. The Hall–Kier alpha value is -0.650. The number of aliphatic hydroxyl groups is 3. The van der Waals surface area contributed by atoms with Crippen LogP contribution in [0.3, 0.4) is 0 Å². The van der Waals surface area contributed by atoms with E-state index in [1.165, 1.54) is 90.4 Å². The largest absolute Gasteiger partial charge is 0.481 e. The molecule has 0 radical (unpaired) electrons. The molecule has 1 unspecified atom stereocenters. The molecule has 0 amide bonds. The summed E-state index contributed by atoms with van der Waals surface area (Å²) < 4.78 is 0. The molecule has 0 saturated carbocycles. The Bertz CT molecular complexity index is 310. The molecule has 0 aromatic carbocycles. The third kappa shape index (κ3) is 27.7. The molecule has 5 nitrogen and oxygen atoms in total. The first-order valence-electron chi connectivity index (χ1n) is 11.1. The van der Waals surface area contributed by atoms with Gasteiger partial charge in [0.1, 0.15) is 6.10 Å². The van der Waals surface area contributed by atoms with Gasteiger partial charge < -0.3 is 20.4 Å². The van der Waals surface area contributed by atoms with Gasteiger partial charge in [-0.25, -0.2) is 0 Å². The van der Waals surface area contributed by atoms with Gasteiger partial charge in [0.2, 0.25) is 0 Å². The van der Waals surface area contributed by atoms with Crippen molar-refractivity contribution in [1.82, 2.24) is 0 Å². The van der Waals surface area contributed by atoms with Crippen molar-refractivity contribution in [2.24, 2.45) is 0 Å². The highest BCUT2D eigenvalue weighted by Crippen LogP contribution is 2.13. The molecule has 0 fully saturated rings. The topological polar surface area (TPSA) is 98.0 Å². The maximum absolute atomic E-state index is 10.3. The molecule has 1 atom stereocenters. The lowest BCUT2D eigenvalue weighted by molar-refractivity contribution is -0.205. The van der Waals surface area contributed by atoms with Crippen molar-refractivity contribution in [2.45, 2.75) is 135 Å². The average molecular weight is 391 g/mol.